The Labute approximate surface area is 151 Å². The fourth-order valence-electron chi connectivity index (χ4n) is 6.61. The van der Waals surface area contributed by atoms with Crippen LogP contribution in [0.1, 0.15) is 65.7 Å². The van der Waals surface area contributed by atoms with E-state index in [2.05, 4.69) is 26.0 Å². The summed E-state index contributed by atoms with van der Waals surface area (Å²) in [5.74, 6) is 1.19. The van der Waals surface area contributed by atoms with E-state index in [4.69, 9.17) is 4.74 Å². The molecule has 0 bridgehead atoms. The van der Waals surface area contributed by atoms with Crippen LogP contribution in [0.2, 0.25) is 0 Å². The van der Waals surface area contributed by atoms with E-state index in [-0.39, 0.29) is 28.8 Å². The second-order valence-corrected chi connectivity index (χ2v) is 9.20. The zero-order valence-electron chi connectivity index (χ0n) is 15.9. The summed E-state index contributed by atoms with van der Waals surface area (Å²) in [6.07, 6.45) is 11.7. The van der Waals surface area contributed by atoms with Gasteiger partial charge in [0.2, 0.25) is 0 Å². The minimum atomic E-state index is -0.164. The van der Waals surface area contributed by atoms with Gasteiger partial charge < -0.3 is 9.84 Å². The summed E-state index contributed by atoms with van der Waals surface area (Å²) >= 11 is 0. The van der Waals surface area contributed by atoms with Gasteiger partial charge in [-0.25, -0.2) is 0 Å². The summed E-state index contributed by atoms with van der Waals surface area (Å²) in [5, 5.41) is 10.1. The molecule has 1 N–H and O–H groups in total. The summed E-state index contributed by atoms with van der Waals surface area (Å²) in [6, 6.07) is 0. The number of allylic oxidation sites excluding steroid dienone is 3. The Kier molecular flexibility index (Phi) is 4.14. The molecule has 0 aromatic carbocycles. The van der Waals surface area contributed by atoms with Gasteiger partial charge in [-0.1, -0.05) is 37.1 Å². The number of ether oxygens (including phenoxy) is 1. The van der Waals surface area contributed by atoms with E-state index >= 15 is 0 Å². The summed E-state index contributed by atoms with van der Waals surface area (Å²) in [5.41, 5.74) is 3.31. The van der Waals surface area contributed by atoms with Crippen LogP contribution in [0, 0.1) is 28.6 Å². The van der Waals surface area contributed by atoms with E-state index in [0.717, 1.165) is 38.5 Å². The fraction of sp³-hybridized carbons (Fsp3) is 0.773. The topological polar surface area (TPSA) is 46.5 Å². The normalized spacial score (nSPS) is 45.6. The molecule has 0 amide bonds. The molecule has 3 fully saturated rings. The van der Waals surface area contributed by atoms with Crippen LogP contribution < -0.4 is 0 Å². The summed E-state index contributed by atoms with van der Waals surface area (Å²) in [7, 11) is 0. The first-order valence-corrected chi connectivity index (χ1v) is 10.2. The molecule has 4 rings (SSSR count). The van der Waals surface area contributed by atoms with Crippen molar-refractivity contribution >= 4 is 5.97 Å². The van der Waals surface area contributed by atoms with Crippen molar-refractivity contribution in [2.45, 2.75) is 71.8 Å². The number of esters is 1. The van der Waals surface area contributed by atoms with E-state index in [9.17, 15) is 9.90 Å². The van der Waals surface area contributed by atoms with Crippen molar-refractivity contribution in [2.75, 3.05) is 6.61 Å². The van der Waals surface area contributed by atoms with E-state index in [0.29, 0.717) is 18.4 Å². The van der Waals surface area contributed by atoms with Gasteiger partial charge in [-0.05, 0) is 74.5 Å². The SMILES string of the molecule is CCOC(=O)[C@H]1CC[C@H]2C3=CC=C4C[C@@H](O)CC[C@]4(C)[C@H]3CC[C@]12C. The first-order chi connectivity index (χ1) is 11.9. The van der Waals surface area contributed by atoms with Crippen molar-refractivity contribution < 1.29 is 14.6 Å². The molecule has 3 heteroatoms. The van der Waals surface area contributed by atoms with Crippen molar-refractivity contribution in [1.29, 1.82) is 0 Å². The molecule has 3 saturated carbocycles. The average Bonchev–Trinajstić information content (AvgIpc) is 2.93. The molecule has 0 aromatic heterocycles. The van der Waals surface area contributed by atoms with Gasteiger partial charge in [0.15, 0.2) is 0 Å². The van der Waals surface area contributed by atoms with Crippen LogP contribution in [-0.4, -0.2) is 23.8 Å². The highest BCUT2D eigenvalue weighted by Crippen LogP contribution is 2.64. The lowest BCUT2D eigenvalue weighted by molar-refractivity contribution is -0.152. The van der Waals surface area contributed by atoms with Gasteiger partial charge in [0.1, 0.15) is 0 Å². The molecule has 4 aliphatic carbocycles. The Morgan fingerprint density at radius 3 is 2.72 bits per heavy atom. The molecule has 138 valence electrons. The molecule has 0 heterocycles. The Morgan fingerprint density at radius 2 is 1.96 bits per heavy atom. The first-order valence-electron chi connectivity index (χ1n) is 10.2. The van der Waals surface area contributed by atoms with Crippen molar-refractivity contribution in [3.05, 3.63) is 23.3 Å². The quantitative estimate of drug-likeness (QED) is 0.755. The molecule has 0 aromatic rings. The van der Waals surface area contributed by atoms with E-state index < -0.39 is 0 Å². The van der Waals surface area contributed by atoms with Crippen LogP contribution in [0.5, 0.6) is 0 Å². The smallest absolute Gasteiger partial charge is 0.309 e. The summed E-state index contributed by atoms with van der Waals surface area (Å²) in [6.45, 7) is 7.13. The Bertz CT molecular complexity index is 633. The monoisotopic (exact) mass is 344 g/mol. The number of rotatable bonds is 2. The molecular formula is C22H32O3. The molecule has 6 atom stereocenters. The minimum Gasteiger partial charge on any atom is -0.466 e. The number of carbonyl (C=O) groups excluding carboxylic acids is 1. The maximum atomic E-state index is 12.5. The van der Waals surface area contributed by atoms with Crippen molar-refractivity contribution in [1.82, 2.24) is 0 Å². The zero-order valence-corrected chi connectivity index (χ0v) is 15.9. The lowest BCUT2D eigenvalue weighted by Crippen LogP contribution is -2.47. The predicted molar refractivity (Wildman–Crippen MR) is 97.8 cm³/mol. The molecule has 0 radical (unpaired) electrons. The number of fused-ring (bicyclic) bond motifs is 5. The van der Waals surface area contributed by atoms with Crippen LogP contribution in [-0.2, 0) is 9.53 Å². The van der Waals surface area contributed by atoms with Crippen LogP contribution in [0.15, 0.2) is 23.3 Å². The number of aliphatic hydroxyl groups is 1. The van der Waals surface area contributed by atoms with Gasteiger partial charge in [0.05, 0.1) is 18.6 Å². The highest BCUT2D eigenvalue weighted by atomic mass is 16.5. The number of hydrogen-bond donors (Lipinski definition) is 1. The zero-order chi connectivity index (χ0) is 17.8. The maximum Gasteiger partial charge on any atom is 0.309 e. The van der Waals surface area contributed by atoms with Crippen molar-refractivity contribution in [3.8, 4) is 0 Å². The Morgan fingerprint density at radius 1 is 1.16 bits per heavy atom. The second kappa shape index (κ2) is 5.97. The molecule has 4 aliphatic rings. The highest BCUT2D eigenvalue weighted by Gasteiger charge is 2.58. The van der Waals surface area contributed by atoms with E-state index in [1.165, 1.54) is 12.0 Å². The van der Waals surface area contributed by atoms with Gasteiger partial charge >= 0.3 is 5.97 Å². The van der Waals surface area contributed by atoms with Crippen LogP contribution in [0.4, 0.5) is 0 Å². The first kappa shape index (κ1) is 17.3. The lowest BCUT2D eigenvalue weighted by Gasteiger charge is -2.54. The summed E-state index contributed by atoms with van der Waals surface area (Å²) in [4.78, 5) is 12.5. The lowest BCUT2D eigenvalue weighted by atomic mass is 9.50. The number of hydrogen-bond acceptors (Lipinski definition) is 3. The molecular weight excluding hydrogens is 312 g/mol. The van der Waals surface area contributed by atoms with Crippen LogP contribution >= 0.6 is 0 Å². The average molecular weight is 344 g/mol. The van der Waals surface area contributed by atoms with E-state index in [1.54, 1.807) is 5.57 Å². The molecule has 25 heavy (non-hydrogen) atoms. The Hall–Kier alpha value is -1.09. The third kappa shape index (κ3) is 2.45. The van der Waals surface area contributed by atoms with E-state index in [1.807, 2.05) is 6.92 Å². The van der Waals surface area contributed by atoms with Crippen molar-refractivity contribution in [3.63, 3.8) is 0 Å². The second-order valence-electron chi connectivity index (χ2n) is 9.20. The van der Waals surface area contributed by atoms with Crippen LogP contribution in [0.25, 0.3) is 0 Å². The van der Waals surface area contributed by atoms with Crippen molar-refractivity contribution in [2.24, 2.45) is 28.6 Å². The predicted octanol–water partition coefficient (Wildman–Crippen LogP) is 4.41. The standard InChI is InChI=1S/C22H32O3/c1-4-25-20(24)19-8-7-17-16-6-5-14-13-15(23)9-11-21(14,2)18(16)10-12-22(17,19)3/h5-6,15,17-19,23H,4,7-13H2,1-3H3/t15-,17-,18-,19+,21-,22-/m0/s1. The van der Waals surface area contributed by atoms with Gasteiger partial charge in [-0.2, -0.15) is 0 Å². The van der Waals surface area contributed by atoms with Gasteiger partial charge in [-0.15, -0.1) is 0 Å². The molecule has 0 unspecified atom stereocenters. The van der Waals surface area contributed by atoms with Gasteiger partial charge in [0, 0.05) is 0 Å². The summed E-state index contributed by atoms with van der Waals surface area (Å²) < 4.78 is 5.40. The Balaban J connectivity index is 1.66. The molecule has 0 saturated heterocycles. The van der Waals surface area contributed by atoms with Gasteiger partial charge in [-0.3, -0.25) is 4.79 Å². The maximum absolute atomic E-state index is 12.5. The minimum absolute atomic E-state index is 0.0191. The number of carbonyl (C=O) groups is 1. The largest absolute Gasteiger partial charge is 0.466 e. The third-order valence-electron chi connectivity index (χ3n) is 8.12. The molecule has 0 spiro atoms. The van der Waals surface area contributed by atoms with Gasteiger partial charge in [0.25, 0.3) is 0 Å². The highest BCUT2D eigenvalue weighted by molar-refractivity contribution is 5.74. The third-order valence-corrected chi connectivity index (χ3v) is 8.12. The molecule has 3 nitrogen and oxygen atoms in total. The van der Waals surface area contributed by atoms with Crippen LogP contribution in [0.3, 0.4) is 0 Å². The number of aliphatic hydroxyl groups excluding tert-OH is 1. The molecule has 0 aliphatic heterocycles. The fourth-order valence-corrected chi connectivity index (χ4v) is 6.61.